The molecule has 0 spiro atoms. The molecule has 3 aromatic carbocycles. The number of nitrogens with one attached hydrogen (secondary N) is 3. The van der Waals surface area contributed by atoms with Crippen LogP contribution >= 0.6 is 11.6 Å². The highest BCUT2D eigenvalue weighted by atomic mass is 35.5. The second kappa shape index (κ2) is 8.33. The Hall–Kier alpha value is -5.34. The molecule has 1 aliphatic carbocycles. The van der Waals surface area contributed by atoms with Crippen LogP contribution in [0.4, 0.5) is 11.6 Å². The highest BCUT2D eigenvalue weighted by Crippen LogP contribution is 2.34. The average Bonchev–Trinajstić information content (AvgIpc) is 3.73. The van der Waals surface area contributed by atoms with Gasteiger partial charge in [0.25, 0.3) is 0 Å². The van der Waals surface area contributed by atoms with Crippen LogP contribution in [0.3, 0.4) is 0 Å². The Labute approximate surface area is 236 Å². The van der Waals surface area contributed by atoms with E-state index < -0.39 is 0 Å². The molecule has 1 unspecified atom stereocenters. The summed E-state index contributed by atoms with van der Waals surface area (Å²) in [6, 6.07) is 22.0. The first-order valence-corrected chi connectivity index (χ1v) is 13.7. The minimum Gasteiger partial charge on any atom is -0.324 e. The first-order chi connectivity index (χ1) is 20.2. The highest BCUT2D eigenvalue weighted by molar-refractivity contribution is 6.35. The van der Waals surface area contributed by atoms with E-state index in [2.05, 4.69) is 27.1 Å². The third-order valence-corrected chi connectivity index (χ3v) is 8.08. The topological polar surface area (TPSA) is 109 Å². The number of H-pyrrole nitrogens is 3. The zero-order chi connectivity index (χ0) is 27.1. The number of allylic oxidation sites excluding steroid dienone is 3. The lowest BCUT2D eigenvalue weighted by Gasteiger charge is -2.09. The van der Waals surface area contributed by atoms with E-state index in [4.69, 9.17) is 36.6 Å². The lowest BCUT2D eigenvalue weighted by molar-refractivity contribution is 1.02. The smallest absolute Gasteiger partial charge is 0.160 e. The van der Waals surface area contributed by atoms with Crippen LogP contribution in [0.25, 0.3) is 32.3 Å². The number of halogens is 1. The lowest BCUT2D eigenvalue weighted by Crippen LogP contribution is -2.17. The second-order valence-electron chi connectivity index (χ2n) is 10.1. The van der Waals surface area contributed by atoms with Crippen molar-refractivity contribution in [1.82, 2.24) is 15.0 Å². The Bertz CT molecular complexity index is 2500. The fraction of sp³-hybridized carbons (Fsp3) is 0.0312. The number of aromatic nitrogens is 3. The number of hydrogen-bond donors (Lipinski definition) is 3. The van der Waals surface area contributed by atoms with E-state index in [1.165, 1.54) is 0 Å². The standard InChI is InChI=1S/C32H19ClN8/c33-23-15-7-14-22-24(23)32-40-30-21-13-6-5-12-20(21)28(38-30)36-26-17-9-2-1-8-16(17)25(34-26)35-27-18-10-3-4-11-19(18)29(37-27)39-31(22)41-32/h1-15,20,37H,(H,39,40,41)(H,34,35,36,38). The van der Waals surface area contributed by atoms with Crippen LogP contribution in [-0.2, 0) is 0 Å². The molecule has 0 radical (unpaired) electrons. The van der Waals surface area contributed by atoms with Gasteiger partial charge in [0.2, 0.25) is 0 Å². The monoisotopic (exact) mass is 550 g/mol. The van der Waals surface area contributed by atoms with Gasteiger partial charge in [-0.3, -0.25) is 0 Å². The number of aliphatic imine (C=N–C) groups is 1. The summed E-state index contributed by atoms with van der Waals surface area (Å²) in [4.78, 5) is 35.5. The molecule has 8 nitrogen and oxygen atoms in total. The van der Waals surface area contributed by atoms with Crippen molar-refractivity contribution in [1.29, 1.82) is 0 Å². The van der Waals surface area contributed by atoms with E-state index in [9.17, 15) is 0 Å². The summed E-state index contributed by atoms with van der Waals surface area (Å²) >= 11 is 6.75. The van der Waals surface area contributed by atoms with Gasteiger partial charge in [-0.25, -0.2) is 25.0 Å². The predicted molar refractivity (Wildman–Crippen MR) is 160 cm³/mol. The Morgan fingerprint density at radius 3 is 1.95 bits per heavy atom. The molecule has 1 atom stereocenters. The number of aromatic amines is 3. The molecule has 3 aromatic heterocycles. The Balaban J connectivity index is 1.48. The minimum absolute atomic E-state index is 0.118. The molecule has 0 amide bonds. The molecule has 3 N–H and O–H groups in total. The van der Waals surface area contributed by atoms with Crippen LogP contribution in [0.1, 0.15) is 0 Å². The van der Waals surface area contributed by atoms with Crippen molar-refractivity contribution in [2.24, 2.45) is 30.9 Å². The highest BCUT2D eigenvalue weighted by Gasteiger charge is 2.28. The maximum absolute atomic E-state index is 6.75. The SMILES string of the molecule is Clc1cccc2c3[nH]c(c12)=NC1=C2C=CC=CC2C(=N1)N=c1[nH]/c(c2ccccc12)=N\c1[nH]c(c2ccccc12)N=3. The fourth-order valence-electron chi connectivity index (χ4n) is 5.87. The summed E-state index contributed by atoms with van der Waals surface area (Å²) in [5.74, 6) is 2.51. The van der Waals surface area contributed by atoms with Gasteiger partial charge in [-0.15, -0.1) is 0 Å². The van der Waals surface area contributed by atoms with Crippen molar-refractivity contribution < 1.29 is 0 Å². The maximum atomic E-state index is 6.75. The van der Waals surface area contributed by atoms with Gasteiger partial charge >= 0.3 is 0 Å². The van der Waals surface area contributed by atoms with Gasteiger partial charge in [0.1, 0.15) is 39.4 Å². The molecule has 6 aromatic rings. The Morgan fingerprint density at radius 1 is 0.561 bits per heavy atom. The molecule has 9 heteroatoms. The lowest BCUT2D eigenvalue weighted by atomic mass is 9.95. The van der Waals surface area contributed by atoms with Crippen LogP contribution in [0.15, 0.2) is 127 Å². The minimum atomic E-state index is -0.118. The molecule has 0 saturated carbocycles. The molecule has 2 aliphatic heterocycles. The molecule has 0 saturated heterocycles. The van der Waals surface area contributed by atoms with E-state index in [-0.39, 0.29) is 5.92 Å². The Morgan fingerprint density at radius 2 is 1.20 bits per heavy atom. The van der Waals surface area contributed by atoms with Crippen molar-refractivity contribution in [3.63, 3.8) is 0 Å². The van der Waals surface area contributed by atoms with Crippen LogP contribution in [0.2, 0.25) is 5.02 Å². The number of amidine groups is 1. The number of rotatable bonds is 0. The third-order valence-electron chi connectivity index (χ3n) is 7.76. The van der Waals surface area contributed by atoms with Gasteiger partial charge in [0.15, 0.2) is 5.82 Å². The quantitative estimate of drug-likeness (QED) is 0.228. The molecule has 9 rings (SSSR count). The van der Waals surface area contributed by atoms with Crippen LogP contribution in [-0.4, -0.2) is 20.8 Å². The summed E-state index contributed by atoms with van der Waals surface area (Å²) < 4.78 is 0. The number of fused-ring (bicyclic) bond motifs is 18. The molecule has 8 bridgehead atoms. The van der Waals surface area contributed by atoms with E-state index in [0.717, 1.165) is 37.9 Å². The summed E-state index contributed by atoms with van der Waals surface area (Å²) in [7, 11) is 0. The molecular formula is C32H19ClN8. The van der Waals surface area contributed by atoms with Crippen molar-refractivity contribution >= 4 is 61.4 Å². The molecular weight excluding hydrogens is 532 g/mol. The van der Waals surface area contributed by atoms with E-state index >= 15 is 0 Å². The summed E-state index contributed by atoms with van der Waals surface area (Å²) in [5, 5.41) is 6.09. The second-order valence-corrected chi connectivity index (χ2v) is 10.5. The van der Waals surface area contributed by atoms with E-state index in [1.807, 2.05) is 78.9 Å². The van der Waals surface area contributed by atoms with Gasteiger partial charge < -0.3 is 15.0 Å². The largest absolute Gasteiger partial charge is 0.324 e. The first kappa shape index (κ1) is 22.5. The zero-order valence-corrected chi connectivity index (χ0v) is 22.1. The molecule has 5 heterocycles. The zero-order valence-electron chi connectivity index (χ0n) is 21.4. The summed E-state index contributed by atoms with van der Waals surface area (Å²) in [5.41, 5.74) is 3.63. The molecule has 0 fully saturated rings. The first-order valence-electron chi connectivity index (χ1n) is 13.3. The Kier molecular flexibility index (Phi) is 4.57. The van der Waals surface area contributed by atoms with Gasteiger partial charge in [-0.2, -0.15) is 0 Å². The van der Waals surface area contributed by atoms with Crippen LogP contribution in [0.5, 0.6) is 0 Å². The molecule has 41 heavy (non-hydrogen) atoms. The van der Waals surface area contributed by atoms with Gasteiger partial charge in [0, 0.05) is 37.9 Å². The average molecular weight is 551 g/mol. The number of nitrogens with zero attached hydrogens (tertiary/aromatic N) is 5. The third kappa shape index (κ3) is 3.31. The van der Waals surface area contributed by atoms with Crippen molar-refractivity contribution in [3.05, 3.63) is 129 Å². The predicted octanol–water partition coefficient (Wildman–Crippen LogP) is 5.31. The number of benzene rings is 3. The van der Waals surface area contributed by atoms with Gasteiger partial charge in [0.05, 0.1) is 10.9 Å². The van der Waals surface area contributed by atoms with Crippen molar-refractivity contribution in [3.8, 4) is 0 Å². The van der Waals surface area contributed by atoms with E-state index in [0.29, 0.717) is 50.3 Å². The van der Waals surface area contributed by atoms with Crippen molar-refractivity contribution in [2.75, 3.05) is 0 Å². The summed E-state index contributed by atoms with van der Waals surface area (Å²) in [6.07, 6.45) is 8.15. The fourth-order valence-corrected chi connectivity index (χ4v) is 6.13. The molecule has 3 aliphatic rings. The summed E-state index contributed by atoms with van der Waals surface area (Å²) in [6.45, 7) is 0. The van der Waals surface area contributed by atoms with Crippen LogP contribution < -0.4 is 22.0 Å². The number of hydrogen-bond acceptors (Lipinski definition) is 5. The van der Waals surface area contributed by atoms with Crippen LogP contribution in [0, 0.1) is 5.92 Å². The van der Waals surface area contributed by atoms with Gasteiger partial charge in [-0.1, -0.05) is 96.6 Å². The van der Waals surface area contributed by atoms with Crippen molar-refractivity contribution in [2.45, 2.75) is 0 Å². The van der Waals surface area contributed by atoms with Gasteiger partial charge in [-0.05, 0) is 6.07 Å². The maximum Gasteiger partial charge on any atom is 0.160 e. The normalized spacial score (nSPS) is 18.1. The van der Waals surface area contributed by atoms with E-state index in [1.54, 1.807) is 0 Å². The molecule has 194 valence electrons.